The van der Waals surface area contributed by atoms with Gasteiger partial charge in [-0.3, -0.25) is 4.98 Å². The monoisotopic (exact) mass is 268 g/mol. The molecule has 2 unspecified atom stereocenters. The predicted molar refractivity (Wildman–Crippen MR) is 67.7 cm³/mol. The van der Waals surface area contributed by atoms with Crippen molar-refractivity contribution in [2.75, 3.05) is 18.0 Å². The molecule has 1 fully saturated rings. The smallest absolute Gasteiger partial charge is 0.0427 e. The SMILES string of the molecule is Cc1cnccc1N1CCC(C)C(Br)C1. The number of hydrogen-bond acceptors (Lipinski definition) is 2. The Morgan fingerprint density at radius 2 is 2.33 bits per heavy atom. The fourth-order valence-corrected chi connectivity index (χ4v) is 2.68. The molecule has 0 aromatic carbocycles. The molecule has 2 nitrogen and oxygen atoms in total. The summed E-state index contributed by atoms with van der Waals surface area (Å²) in [6, 6.07) is 2.12. The molecule has 0 amide bonds. The highest BCUT2D eigenvalue weighted by atomic mass is 79.9. The number of hydrogen-bond donors (Lipinski definition) is 0. The lowest BCUT2D eigenvalue weighted by atomic mass is 9.98. The third kappa shape index (κ3) is 2.33. The van der Waals surface area contributed by atoms with Gasteiger partial charge < -0.3 is 4.90 Å². The average molecular weight is 269 g/mol. The van der Waals surface area contributed by atoms with Gasteiger partial charge in [0.05, 0.1) is 0 Å². The first-order valence-electron chi connectivity index (χ1n) is 5.48. The normalized spacial score (nSPS) is 26.7. The van der Waals surface area contributed by atoms with Crippen LogP contribution in [0.2, 0.25) is 0 Å². The molecule has 1 saturated heterocycles. The van der Waals surface area contributed by atoms with Gasteiger partial charge in [0.25, 0.3) is 0 Å². The highest BCUT2D eigenvalue weighted by Gasteiger charge is 2.24. The van der Waals surface area contributed by atoms with Crippen LogP contribution >= 0.6 is 15.9 Å². The third-order valence-corrected chi connectivity index (χ3v) is 4.39. The van der Waals surface area contributed by atoms with Gasteiger partial charge in [0, 0.05) is 36.0 Å². The number of aromatic nitrogens is 1. The minimum absolute atomic E-state index is 0.610. The Labute approximate surface area is 99.8 Å². The molecule has 2 rings (SSSR count). The zero-order valence-electron chi connectivity index (χ0n) is 9.28. The minimum atomic E-state index is 0.610. The molecule has 0 bridgehead atoms. The number of aryl methyl sites for hydroxylation is 1. The molecule has 0 aliphatic carbocycles. The number of anilines is 1. The second kappa shape index (κ2) is 4.52. The summed E-state index contributed by atoms with van der Waals surface area (Å²) in [5.74, 6) is 0.781. The van der Waals surface area contributed by atoms with E-state index in [-0.39, 0.29) is 0 Å². The lowest BCUT2D eigenvalue weighted by molar-refractivity contribution is 0.456. The van der Waals surface area contributed by atoms with Crippen molar-refractivity contribution in [3.05, 3.63) is 24.0 Å². The van der Waals surface area contributed by atoms with Crippen molar-refractivity contribution in [3.8, 4) is 0 Å². The van der Waals surface area contributed by atoms with Crippen LogP contribution in [0.5, 0.6) is 0 Å². The van der Waals surface area contributed by atoms with Crippen molar-refractivity contribution in [2.24, 2.45) is 5.92 Å². The minimum Gasteiger partial charge on any atom is -0.370 e. The topological polar surface area (TPSA) is 16.1 Å². The summed E-state index contributed by atoms with van der Waals surface area (Å²) in [5, 5.41) is 0. The van der Waals surface area contributed by atoms with Crippen LogP contribution in [0.25, 0.3) is 0 Å². The summed E-state index contributed by atoms with van der Waals surface area (Å²) in [6.45, 7) is 6.71. The molecular formula is C12H17BrN2. The van der Waals surface area contributed by atoms with Crippen LogP contribution in [0, 0.1) is 12.8 Å². The molecule has 1 aliphatic heterocycles. The van der Waals surface area contributed by atoms with E-state index in [0.717, 1.165) is 19.0 Å². The maximum absolute atomic E-state index is 4.14. The fraction of sp³-hybridized carbons (Fsp3) is 0.583. The van der Waals surface area contributed by atoms with Crippen molar-refractivity contribution in [3.63, 3.8) is 0 Å². The molecule has 1 aliphatic rings. The standard InChI is InChI=1S/C12H17BrN2/c1-9-4-6-15(8-11(9)13)12-3-5-14-7-10(12)2/h3,5,7,9,11H,4,6,8H2,1-2H3. The van der Waals surface area contributed by atoms with E-state index in [1.54, 1.807) is 0 Å². The lowest BCUT2D eigenvalue weighted by Gasteiger charge is -2.36. The van der Waals surface area contributed by atoms with E-state index >= 15 is 0 Å². The number of alkyl halides is 1. The Morgan fingerprint density at radius 3 is 3.00 bits per heavy atom. The molecule has 1 aromatic heterocycles. The van der Waals surface area contributed by atoms with Crippen LogP contribution in [0.1, 0.15) is 18.9 Å². The predicted octanol–water partition coefficient (Wildman–Crippen LogP) is 3.00. The summed E-state index contributed by atoms with van der Waals surface area (Å²) >= 11 is 3.76. The molecule has 0 saturated carbocycles. The third-order valence-electron chi connectivity index (χ3n) is 3.20. The molecule has 15 heavy (non-hydrogen) atoms. The first-order chi connectivity index (χ1) is 7.18. The van der Waals surface area contributed by atoms with Crippen LogP contribution in [-0.4, -0.2) is 22.9 Å². The molecular weight excluding hydrogens is 252 g/mol. The van der Waals surface area contributed by atoms with E-state index in [1.807, 2.05) is 12.4 Å². The first-order valence-corrected chi connectivity index (χ1v) is 6.39. The Balaban J connectivity index is 2.15. The number of piperidine rings is 1. The van der Waals surface area contributed by atoms with E-state index in [9.17, 15) is 0 Å². The van der Waals surface area contributed by atoms with Crippen LogP contribution in [0.15, 0.2) is 18.5 Å². The van der Waals surface area contributed by atoms with Crippen molar-refractivity contribution < 1.29 is 0 Å². The Morgan fingerprint density at radius 1 is 1.53 bits per heavy atom. The molecule has 2 heterocycles. The van der Waals surface area contributed by atoms with Gasteiger partial charge in [-0.25, -0.2) is 0 Å². The quantitative estimate of drug-likeness (QED) is 0.728. The van der Waals surface area contributed by atoms with Crippen molar-refractivity contribution >= 4 is 21.6 Å². The molecule has 2 atom stereocenters. The molecule has 0 spiro atoms. The van der Waals surface area contributed by atoms with E-state index in [1.165, 1.54) is 17.7 Å². The number of nitrogens with zero attached hydrogens (tertiary/aromatic N) is 2. The van der Waals surface area contributed by atoms with Crippen LogP contribution in [-0.2, 0) is 0 Å². The Bertz CT molecular complexity index is 340. The number of rotatable bonds is 1. The van der Waals surface area contributed by atoms with Gasteiger partial charge in [-0.15, -0.1) is 0 Å². The summed E-state index contributed by atoms with van der Waals surface area (Å²) in [4.78, 5) is 7.20. The van der Waals surface area contributed by atoms with Gasteiger partial charge in [-0.1, -0.05) is 22.9 Å². The first kappa shape index (κ1) is 10.9. The Hall–Kier alpha value is -0.570. The van der Waals surface area contributed by atoms with Gasteiger partial charge in [0.2, 0.25) is 0 Å². The second-order valence-electron chi connectivity index (χ2n) is 4.39. The average Bonchev–Trinajstić information content (AvgIpc) is 2.23. The summed E-state index contributed by atoms with van der Waals surface area (Å²) < 4.78 is 0. The fourth-order valence-electron chi connectivity index (χ4n) is 2.06. The van der Waals surface area contributed by atoms with Crippen molar-refractivity contribution in [1.29, 1.82) is 0 Å². The number of halogens is 1. The highest BCUT2D eigenvalue weighted by molar-refractivity contribution is 9.09. The van der Waals surface area contributed by atoms with Gasteiger partial charge in [-0.2, -0.15) is 0 Å². The summed E-state index contributed by atoms with van der Waals surface area (Å²) in [6.07, 6.45) is 5.08. The number of pyridine rings is 1. The van der Waals surface area contributed by atoms with E-state index < -0.39 is 0 Å². The summed E-state index contributed by atoms with van der Waals surface area (Å²) in [5.41, 5.74) is 2.60. The molecule has 0 N–H and O–H groups in total. The van der Waals surface area contributed by atoms with Crippen LogP contribution in [0.3, 0.4) is 0 Å². The van der Waals surface area contributed by atoms with Crippen LogP contribution in [0.4, 0.5) is 5.69 Å². The lowest BCUT2D eigenvalue weighted by Crippen LogP contribution is -2.40. The van der Waals surface area contributed by atoms with E-state index in [2.05, 4.69) is 45.7 Å². The molecule has 0 radical (unpaired) electrons. The van der Waals surface area contributed by atoms with Crippen molar-refractivity contribution in [1.82, 2.24) is 4.98 Å². The molecule has 3 heteroatoms. The van der Waals surface area contributed by atoms with Gasteiger partial charge in [-0.05, 0) is 30.9 Å². The van der Waals surface area contributed by atoms with Crippen molar-refractivity contribution in [2.45, 2.75) is 25.1 Å². The second-order valence-corrected chi connectivity index (χ2v) is 5.57. The maximum Gasteiger partial charge on any atom is 0.0427 e. The van der Waals surface area contributed by atoms with Gasteiger partial charge in [0.1, 0.15) is 0 Å². The molecule has 1 aromatic rings. The summed E-state index contributed by atoms with van der Waals surface area (Å²) in [7, 11) is 0. The largest absolute Gasteiger partial charge is 0.370 e. The zero-order valence-corrected chi connectivity index (χ0v) is 10.9. The van der Waals surface area contributed by atoms with Crippen LogP contribution < -0.4 is 4.90 Å². The zero-order chi connectivity index (χ0) is 10.8. The highest BCUT2D eigenvalue weighted by Crippen LogP contribution is 2.28. The van der Waals surface area contributed by atoms with Gasteiger partial charge >= 0.3 is 0 Å². The molecule has 82 valence electrons. The van der Waals surface area contributed by atoms with E-state index in [0.29, 0.717) is 4.83 Å². The maximum atomic E-state index is 4.14. The Kier molecular flexibility index (Phi) is 3.29. The van der Waals surface area contributed by atoms with E-state index in [4.69, 9.17) is 0 Å². The van der Waals surface area contributed by atoms with Gasteiger partial charge in [0.15, 0.2) is 0 Å².